The molecule has 0 aliphatic rings. The fourth-order valence-corrected chi connectivity index (χ4v) is 3.05. The molecular formula is C15H16ClNO3S. The Morgan fingerprint density at radius 2 is 1.71 bits per heavy atom. The van der Waals surface area contributed by atoms with Gasteiger partial charge in [0.05, 0.1) is 15.6 Å². The highest BCUT2D eigenvalue weighted by Gasteiger charge is 2.15. The number of rotatable bonds is 4. The van der Waals surface area contributed by atoms with Gasteiger partial charge in [0.15, 0.2) is 0 Å². The SMILES string of the molecule is CC(C)c1ccc(S(=O)(=O)Nc2ccc(O)c(Cl)c2)cc1. The van der Waals surface area contributed by atoms with Crippen LogP contribution in [0.15, 0.2) is 47.4 Å². The molecule has 0 fully saturated rings. The Hall–Kier alpha value is -1.72. The maximum absolute atomic E-state index is 12.3. The summed E-state index contributed by atoms with van der Waals surface area (Å²) in [6.45, 7) is 4.08. The van der Waals surface area contributed by atoms with E-state index in [-0.39, 0.29) is 15.7 Å². The molecule has 0 unspecified atom stereocenters. The van der Waals surface area contributed by atoms with Crippen LogP contribution in [0.4, 0.5) is 5.69 Å². The van der Waals surface area contributed by atoms with Gasteiger partial charge < -0.3 is 5.11 Å². The number of hydrogen-bond acceptors (Lipinski definition) is 3. The van der Waals surface area contributed by atoms with Crippen molar-refractivity contribution in [2.24, 2.45) is 0 Å². The minimum absolute atomic E-state index is 0.0883. The highest BCUT2D eigenvalue weighted by molar-refractivity contribution is 7.92. The first kappa shape index (κ1) is 15.7. The molecule has 0 radical (unpaired) electrons. The summed E-state index contributed by atoms with van der Waals surface area (Å²) < 4.78 is 27.0. The monoisotopic (exact) mass is 325 g/mol. The number of hydrogen-bond donors (Lipinski definition) is 2. The zero-order valence-electron chi connectivity index (χ0n) is 11.7. The second-order valence-corrected chi connectivity index (χ2v) is 7.09. The number of phenols is 1. The largest absolute Gasteiger partial charge is 0.506 e. The summed E-state index contributed by atoms with van der Waals surface area (Å²) in [5.74, 6) is 0.242. The van der Waals surface area contributed by atoms with Crippen LogP contribution in [0.1, 0.15) is 25.3 Å². The molecule has 21 heavy (non-hydrogen) atoms. The van der Waals surface area contributed by atoms with Crippen molar-refractivity contribution in [2.45, 2.75) is 24.7 Å². The van der Waals surface area contributed by atoms with Crippen LogP contribution in [-0.4, -0.2) is 13.5 Å². The van der Waals surface area contributed by atoms with E-state index in [1.165, 1.54) is 18.2 Å². The van der Waals surface area contributed by atoms with Crippen molar-refractivity contribution < 1.29 is 13.5 Å². The van der Waals surface area contributed by atoms with Crippen molar-refractivity contribution in [3.05, 3.63) is 53.1 Å². The zero-order chi connectivity index (χ0) is 15.6. The van der Waals surface area contributed by atoms with Gasteiger partial charge in [-0.1, -0.05) is 37.6 Å². The molecule has 112 valence electrons. The number of sulfonamides is 1. The number of aromatic hydroxyl groups is 1. The highest BCUT2D eigenvalue weighted by Crippen LogP contribution is 2.27. The molecule has 2 aromatic rings. The summed E-state index contributed by atoms with van der Waals surface area (Å²) in [5.41, 5.74) is 1.37. The summed E-state index contributed by atoms with van der Waals surface area (Å²) >= 11 is 5.76. The van der Waals surface area contributed by atoms with Crippen LogP contribution in [0.2, 0.25) is 5.02 Å². The van der Waals surface area contributed by atoms with Crippen LogP contribution in [-0.2, 0) is 10.0 Å². The molecule has 6 heteroatoms. The molecule has 0 heterocycles. The second kappa shape index (κ2) is 5.95. The fourth-order valence-electron chi connectivity index (χ4n) is 1.82. The van der Waals surface area contributed by atoms with E-state index in [9.17, 15) is 13.5 Å². The van der Waals surface area contributed by atoms with Crippen LogP contribution in [0, 0.1) is 0 Å². The van der Waals surface area contributed by atoms with E-state index in [2.05, 4.69) is 4.72 Å². The van der Waals surface area contributed by atoms with E-state index in [0.29, 0.717) is 11.6 Å². The Labute approximate surface area is 129 Å². The molecule has 2 aromatic carbocycles. The maximum atomic E-state index is 12.3. The lowest BCUT2D eigenvalue weighted by Gasteiger charge is -2.10. The Bertz CT molecular complexity index is 740. The average Bonchev–Trinajstić information content (AvgIpc) is 2.43. The van der Waals surface area contributed by atoms with Gasteiger partial charge in [-0.2, -0.15) is 0 Å². The average molecular weight is 326 g/mol. The maximum Gasteiger partial charge on any atom is 0.261 e. The summed E-state index contributed by atoms with van der Waals surface area (Å²) in [6.07, 6.45) is 0. The third-order valence-electron chi connectivity index (χ3n) is 3.06. The number of anilines is 1. The summed E-state index contributed by atoms with van der Waals surface area (Å²) in [6, 6.07) is 10.9. The lowest BCUT2D eigenvalue weighted by atomic mass is 10.0. The fraction of sp³-hybridized carbons (Fsp3) is 0.200. The van der Waals surface area contributed by atoms with E-state index in [4.69, 9.17) is 11.6 Å². The molecule has 0 atom stereocenters. The van der Waals surface area contributed by atoms with E-state index >= 15 is 0 Å². The molecule has 0 saturated heterocycles. The van der Waals surface area contributed by atoms with Gasteiger partial charge in [-0.25, -0.2) is 8.42 Å². The molecule has 0 spiro atoms. The number of nitrogens with one attached hydrogen (secondary N) is 1. The van der Waals surface area contributed by atoms with E-state index in [1.807, 2.05) is 13.8 Å². The van der Waals surface area contributed by atoms with E-state index in [0.717, 1.165) is 5.56 Å². The van der Waals surface area contributed by atoms with Crippen molar-refractivity contribution >= 4 is 27.3 Å². The van der Waals surface area contributed by atoms with Crippen molar-refractivity contribution in [2.75, 3.05) is 4.72 Å². The van der Waals surface area contributed by atoms with Crippen molar-refractivity contribution in [3.8, 4) is 5.75 Å². The van der Waals surface area contributed by atoms with Gasteiger partial charge in [-0.05, 0) is 41.8 Å². The quantitative estimate of drug-likeness (QED) is 0.836. The zero-order valence-corrected chi connectivity index (χ0v) is 13.2. The van der Waals surface area contributed by atoms with E-state index in [1.54, 1.807) is 24.3 Å². The Kier molecular flexibility index (Phi) is 4.44. The van der Waals surface area contributed by atoms with Crippen LogP contribution in [0.5, 0.6) is 5.75 Å². The van der Waals surface area contributed by atoms with Crippen molar-refractivity contribution in [1.82, 2.24) is 0 Å². The number of benzene rings is 2. The summed E-state index contributed by atoms with van der Waals surface area (Å²) in [7, 11) is -3.68. The predicted octanol–water partition coefficient (Wildman–Crippen LogP) is 3.97. The minimum Gasteiger partial charge on any atom is -0.506 e. The minimum atomic E-state index is -3.68. The predicted molar refractivity (Wildman–Crippen MR) is 84.5 cm³/mol. The summed E-state index contributed by atoms with van der Waals surface area (Å²) in [4.78, 5) is 0.177. The number of halogens is 1. The summed E-state index contributed by atoms with van der Waals surface area (Å²) in [5, 5.41) is 9.42. The van der Waals surface area contributed by atoms with Crippen molar-refractivity contribution in [1.29, 1.82) is 0 Å². The first-order valence-electron chi connectivity index (χ1n) is 6.41. The second-order valence-electron chi connectivity index (χ2n) is 5.00. The number of phenolic OH excluding ortho intramolecular Hbond substituents is 1. The Morgan fingerprint density at radius 3 is 2.24 bits per heavy atom. The third kappa shape index (κ3) is 3.68. The van der Waals surface area contributed by atoms with Gasteiger partial charge in [0.25, 0.3) is 10.0 Å². The molecule has 0 aromatic heterocycles. The molecular weight excluding hydrogens is 310 g/mol. The van der Waals surface area contributed by atoms with Gasteiger partial charge in [-0.3, -0.25) is 4.72 Å². The van der Waals surface area contributed by atoms with Crippen LogP contribution in [0.25, 0.3) is 0 Å². The van der Waals surface area contributed by atoms with Crippen LogP contribution < -0.4 is 4.72 Å². The van der Waals surface area contributed by atoms with Gasteiger partial charge in [-0.15, -0.1) is 0 Å². The molecule has 0 aliphatic heterocycles. The molecule has 0 aliphatic carbocycles. The highest BCUT2D eigenvalue weighted by atomic mass is 35.5. The lowest BCUT2D eigenvalue weighted by Crippen LogP contribution is -2.12. The first-order valence-corrected chi connectivity index (χ1v) is 8.27. The van der Waals surface area contributed by atoms with Crippen LogP contribution >= 0.6 is 11.6 Å². The standard InChI is InChI=1S/C15H16ClNO3S/c1-10(2)11-3-6-13(7-4-11)21(19,20)17-12-5-8-15(18)14(16)9-12/h3-10,17-18H,1-2H3. The van der Waals surface area contributed by atoms with Gasteiger partial charge in [0.2, 0.25) is 0 Å². The molecule has 0 amide bonds. The molecule has 0 saturated carbocycles. The third-order valence-corrected chi connectivity index (χ3v) is 4.76. The van der Waals surface area contributed by atoms with Gasteiger partial charge in [0.1, 0.15) is 5.75 Å². The van der Waals surface area contributed by atoms with E-state index < -0.39 is 10.0 Å². The van der Waals surface area contributed by atoms with Crippen molar-refractivity contribution in [3.63, 3.8) is 0 Å². The molecule has 4 nitrogen and oxygen atoms in total. The molecule has 2 rings (SSSR count). The Balaban J connectivity index is 2.27. The smallest absolute Gasteiger partial charge is 0.261 e. The van der Waals surface area contributed by atoms with Gasteiger partial charge in [0, 0.05) is 0 Å². The molecule has 0 bridgehead atoms. The Morgan fingerprint density at radius 1 is 1.10 bits per heavy atom. The normalized spacial score (nSPS) is 11.6. The lowest BCUT2D eigenvalue weighted by molar-refractivity contribution is 0.475. The first-order chi connectivity index (χ1) is 9.79. The van der Waals surface area contributed by atoms with Crippen LogP contribution in [0.3, 0.4) is 0 Å². The van der Waals surface area contributed by atoms with Gasteiger partial charge >= 0.3 is 0 Å². The molecule has 2 N–H and O–H groups in total. The topological polar surface area (TPSA) is 66.4 Å².